The lowest BCUT2D eigenvalue weighted by Gasteiger charge is -2.26. The number of carbonyl (C=O) groups excluding carboxylic acids is 1. The van der Waals surface area contributed by atoms with Gasteiger partial charge in [0, 0.05) is 19.6 Å². The smallest absolute Gasteiger partial charge is 0.326 e. The second kappa shape index (κ2) is 6.48. The normalized spacial score (nSPS) is 17.6. The van der Waals surface area contributed by atoms with Crippen LogP contribution in [0.4, 0.5) is 0 Å². The van der Waals surface area contributed by atoms with Gasteiger partial charge in [-0.25, -0.2) is 4.79 Å². The third kappa shape index (κ3) is 3.81. The Hall–Kier alpha value is -1.10. The van der Waals surface area contributed by atoms with Crippen molar-refractivity contribution in [1.82, 2.24) is 5.32 Å². The summed E-state index contributed by atoms with van der Waals surface area (Å²) in [5.74, 6) is -1.05. The number of amides is 1. The molecule has 92 valence electrons. The van der Waals surface area contributed by atoms with Gasteiger partial charge in [0.25, 0.3) is 0 Å². The van der Waals surface area contributed by atoms with E-state index in [1.54, 1.807) is 7.11 Å². The van der Waals surface area contributed by atoms with E-state index in [2.05, 4.69) is 5.32 Å². The van der Waals surface area contributed by atoms with Crippen molar-refractivity contribution in [2.75, 3.05) is 13.7 Å². The molecule has 1 unspecified atom stereocenters. The number of hydrogen-bond donors (Lipinski definition) is 2. The summed E-state index contributed by atoms with van der Waals surface area (Å²) in [5, 5.41) is 11.5. The molecule has 0 aliphatic heterocycles. The number of aliphatic carboxylic acids is 1. The summed E-state index contributed by atoms with van der Waals surface area (Å²) in [6.45, 7) is 0.517. The fraction of sp³-hybridized carbons (Fsp3) is 0.818. The van der Waals surface area contributed by atoms with Gasteiger partial charge in [-0.2, -0.15) is 0 Å². The van der Waals surface area contributed by atoms with Gasteiger partial charge in [0.1, 0.15) is 6.04 Å². The Kier molecular flexibility index (Phi) is 5.25. The summed E-state index contributed by atoms with van der Waals surface area (Å²) in [4.78, 5) is 22.5. The SMILES string of the molecule is COCCCC(NC(=O)C1CCC1)C(=O)O. The van der Waals surface area contributed by atoms with Crippen LogP contribution in [0.3, 0.4) is 0 Å². The second-order valence-corrected chi connectivity index (χ2v) is 4.16. The molecule has 5 heteroatoms. The van der Waals surface area contributed by atoms with Gasteiger partial charge in [-0.05, 0) is 25.7 Å². The number of carboxylic acid groups (broad SMARTS) is 1. The Balaban J connectivity index is 2.31. The van der Waals surface area contributed by atoms with Gasteiger partial charge in [-0.15, -0.1) is 0 Å². The van der Waals surface area contributed by atoms with Crippen LogP contribution in [-0.2, 0) is 14.3 Å². The lowest BCUT2D eigenvalue weighted by molar-refractivity contribution is -0.143. The molecule has 0 aromatic carbocycles. The number of hydrogen-bond acceptors (Lipinski definition) is 3. The number of carbonyl (C=O) groups is 2. The minimum absolute atomic E-state index is 0.0317. The Morgan fingerprint density at radius 1 is 1.50 bits per heavy atom. The number of carboxylic acids is 1. The van der Waals surface area contributed by atoms with Gasteiger partial charge in [0.05, 0.1) is 0 Å². The molecule has 0 spiro atoms. The van der Waals surface area contributed by atoms with Crippen molar-refractivity contribution in [2.45, 2.75) is 38.1 Å². The van der Waals surface area contributed by atoms with Crippen LogP contribution in [0, 0.1) is 5.92 Å². The highest BCUT2D eigenvalue weighted by atomic mass is 16.5. The van der Waals surface area contributed by atoms with E-state index in [0.717, 1.165) is 19.3 Å². The zero-order valence-corrected chi connectivity index (χ0v) is 9.57. The van der Waals surface area contributed by atoms with Gasteiger partial charge in [-0.1, -0.05) is 6.42 Å². The molecule has 0 radical (unpaired) electrons. The lowest BCUT2D eigenvalue weighted by atomic mass is 9.84. The first-order chi connectivity index (χ1) is 7.65. The van der Waals surface area contributed by atoms with Crippen LogP contribution in [0.2, 0.25) is 0 Å². The van der Waals surface area contributed by atoms with E-state index in [1.165, 1.54) is 0 Å². The first-order valence-electron chi connectivity index (χ1n) is 5.67. The van der Waals surface area contributed by atoms with Crippen molar-refractivity contribution in [1.29, 1.82) is 0 Å². The van der Waals surface area contributed by atoms with Crippen molar-refractivity contribution in [3.8, 4) is 0 Å². The molecule has 0 saturated heterocycles. The number of nitrogens with one attached hydrogen (secondary N) is 1. The maximum absolute atomic E-state index is 11.6. The minimum atomic E-state index is -0.969. The highest BCUT2D eigenvalue weighted by Gasteiger charge is 2.28. The Morgan fingerprint density at radius 2 is 2.19 bits per heavy atom. The summed E-state index contributed by atoms with van der Waals surface area (Å²) >= 11 is 0. The lowest BCUT2D eigenvalue weighted by Crippen LogP contribution is -2.45. The Labute approximate surface area is 95.2 Å². The molecule has 0 aromatic rings. The van der Waals surface area contributed by atoms with E-state index < -0.39 is 12.0 Å². The monoisotopic (exact) mass is 229 g/mol. The van der Waals surface area contributed by atoms with Crippen LogP contribution in [0.1, 0.15) is 32.1 Å². The van der Waals surface area contributed by atoms with Crippen LogP contribution < -0.4 is 5.32 Å². The quantitative estimate of drug-likeness (QED) is 0.633. The molecule has 0 bridgehead atoms. The highest BCUT2D eigenvalue weighted by molar-refractivity contribution is 5.85. The number of rotatable bonds is 7. The predicted octanol–water partition coefficient (Wildman–Crippen LogP) is 0.782. The minimum Gasteiger partial charge on any atom is -0.480 e. The summed E-state index contributed by atoms with van der Waals surface area (Å²) < 4.78 is 4.85. The number of methoxy groups -OCH3 is 1. The van der Waals surface area contributed by atoms with Gasteiger partial charge in [0.15, 0.2) is 0 Å². The molecule has 1 saturated carbocycles. The predicted molar refractivity (Wildman–Crippen MR) is 58.0 cm³/mol. The maximum atomic E-state index is 11.6. The van der Waals surface area contributed by atoms with E-state index >= 15 is 0 Å². The average molecular weight is 229 g/mol. The molecule has 0 heterocycles. The molecule has 2 N–H and O–H groups in total. The van der Waals surface area contributed by atoms with E-state index in [9.17, 15) is 9.59 Å². The Bertz CT molecular complexity index is 250. The molecular formula is C11H19NO4. The van der Waals surface area contributed by atoms with Crippen LogP contribution in [0.25, 0.3) is 0 Å². The molecule has 1 atom stereocenters. The first-order valence-corrected chi connectivity index (χ1v) is 5.67. The number of ether oxygens (including phenoxy) is 1. The summed E-state index contributed by atoms with van der Waals surface area (Å²) in [6.07, 6.45) is 3.89. The van der Waals surface area contributed by atoms with Crippen molar-refractivity contribution in [3.63, 3.8) is 0 Å². The first kappa shape index (κ1) is 13.0. The molecule has 1 rings (SSSR count). The van der Waals surface area contributed by atoms with Gasteiger partial charge >= 0.3 is 5.97 Å². The van der Waals surface area contributed by atoms with Gasteiger partial charge < -0.3 is 15.2 Å². The standard InChI is InChI=1S/C11H19NO4/c1-16-7-3-6-9(11(14)15)12-10(13)8-4-2-5-8/h8-9H,2-7H2,1H3,(H,12,13)(H,14,15). The molecule has 5 nitrogen and oxygen atoms in total. The van der Waals surface area contributed by atoms with Crippen molar-refractivity contribution in [3.05, 3.63) is 0 Å². The zero-order valence-electron chi connectivity index (χ0n) is 9.57. The van der Waals surface area contributed by atoms with Crippen LogP contribution in [0.5, 0.6) is 0 Å². The molecule has 16 heavy (non-hydrogen) atoms. The van der Waals surface area contributed by atoms with Crippen LogP contribution in [-0.4, -0.2) is 36.7 Å². The van der Waals surface area contributed by atoms with Crippen LogP contribution in [0.15, 0.2) is 0 Å². The molecule has 1 aliphatic rings. The van der Waals surface area contributed by atoms with Gasteiger partial charge in [0.2, 0.25) is 5.91 Å². The molecule has 1 aliphatic carbocycles. The molecule has 1 fully saturated rings. The molecule has 1 amide bonds. The second-order valence-electron chi connectivity index (χ2n) is 4.16. The fourth-order valence-corrected chi connectivity index (χ4v) is 1.65. The van der Waals surface area contributed by atoms with Crippen molar-refractivity contribution >= 4 is 11.9 Å². The third-order valence-electron chi connectivity index (χ3n) is 2.93. The Morgan fingerprint density at radius 3 is 2.62 bits per heavy atom. The van der Waals surface area contributed by atoms with Crippen molar-refractivity contribution in [2.24, 2.45) is 5.92 Å². The van der Waals surface area contributed by atoms with E-state index in [4.69, 9.17) is 9.84 Å². The average Bonchev–Trinajstić information content (AvgIpc) is 2.13. The fourth-order valence-electron chi connectivity index (χ4n) is 1.65. The largest absolute Gasteiger partial charge is 0.480 e. The van der Waals surface area contributed by atoms with E-state index in [-0.39, 0.29) is 11.8 Å². The van der Waals surface area contributed by atoms with E-state index in [0.29, 0.717) is 19.4 Å². The maximum Gasteiger partial charge on any atom is 0.326 e. The van der Waals surface area contributed by atoms with Crippen molar-refractivity contribution < 1.29 is 19.4 Å². The topological polar surface area (TPSA) is 75.6 Å². The molecular weight excluding hydrogens is 210 g/mol. The zero-order chi connectivity index (χ0) is 12.0. The molecule has 0 aromatic heterocycles. The summed E-state index contributed by atoms with van der Waals surface area (Å²) in [5.41, 5.74) is 0. The highest BCUT2D eigenvalue weighted by Crippen LogP contribution is 2.26. The summed E-state index contributed by atoms with van der Waals surface area (Å²) in [6, 6.07) is -0.775. The van der Waals surface area contributed by atoms with Crippen LogP contribution >= 0.6 is 0 Å². The van der Waals surface area contributed by atoms with Gasteiger partial charge in [-0.3, -0.25) is 4.79 Å². The third-order valence-corrected chi connectivity index (χ3v) is 2.93. The summed E-state index contributed by atoms with van der Waals surface area (Å²) in [7, 11) is 1.57. The van der Waals surface area contributed by atoms with E-state index in [1.807, 2.05) is 0 Å².